The zero-order valence-electron chi connectivity index (χ0n) is 17.9. The molecular weight excluding hydrogens is 390 g/mol. The highest BCUT2D eigenvalue weighted by Gasteiger charge is 2.19. The summed E-state index contributed by atoms with van der Waals surface area (Å²) in [7, 11) is 0. The summed E-state index contributed by atoms with van der Waals surface area (Å²) in [5.41, 5.74) is 2.88. The van der Waals surface area contributed by atoms with E-state index >= 15 is 0 Å². The maximum atomic E-state index is 13.1. The molecule has 1 unspecified atom stereocenters. The van der Waals surface area contributed by atoms with Gasteiger partial charge in [-0.1, -0.05) is 12.1 Å². The van der Waals surface area contributed by atoms with E-state index in [1.165, 1.54) is 0 Å². The number of carbonyl (C=O) groups is 1. The van der Waals surface area contributed by atoms with Crippen LogP contribution in [0.5, 0.6) is 0 Å². The minimum Gasteiger partial charge on any atom is -0.322 e. The molecule has 7 nitrogen and oxygen atoms in total. The summed E-state index contributed by atoms with van der Waals surface area (Å²) in [6.45, 7) is 6.18. The van der Waals surface area contributed by atoms with E-state index in [4.69, 9.17) is 0 Å². The van der Waals surface area contributed by atoms with E-state index in [1.54, 1.807) is 30.0 Å². The maximum Gasteiger partial charge on any atom is 0.263 e. The van der Waals surface area contributed by atoms with Gasteiger partial charge in [0, 0.05) is 30.2 Å². The van der Waals surface area contributed by atoms with E-state index in [0.29, 0.717) is 29.5 Å². The Balaban J connectivity index is 1.56. The largest absolute Gasteiger partial charge is 0.322 e. The minimum absolute atomic E-state index is 0.189. The van der Waals surface area contributed by atoms with Crippen molar-refractivity contribution in [1.82, 2.24) is 19.9 Å². The Morgan fingerprint density at radius 1 is 1.26 bits per heavy atom. The zero-order chi connectivity index (χ0) is 21.8. The Hall–Kier alpha value is -3.32. The van der Waals surface area contributed by atoms with Crippen LogP contribution in [0.25, 0.3) is 11.3 Å². The van der Waals surface area contributed by atoms with Crippen molar-refractivity contribution < 1.29 is 4.79 Å². The Bertz CT molecular complexity index is 1150. The molecule has 0 bridgehead atoms. The lowest BCUT2D eigenvalue weighted by Gasteiger charge is -2.23. The summed E-state index contributed by atoms with van der Waals surface area (Å²) in [6, 6.07) is 11.1. The summed E-state index contributed by atoms with van der Waals surface area (Å²) in [6.07, 6.45) is 5.70. The van der Waals surface area contributed by atoms with Crippen LogP contribution in [0.15, 0.2) is 53.6 Å². The summed E-state index contributed by atoms with van der Waals surface area (Å²) < 4.78 is 1.67. The molecule has 160 valence electrons. The average molecular weight is 418 g/mol. The van der Waals surface area contributed by atoms with Crippen molar-refractivity contribution in [2.24, 2.45) is 5.92 Å². The second kappa shape index (κ2) is 9.22. The molecule has 31 heavy (non-hydrogen) atoms. The number of nitrogens with zero attached hydrogens (tertiary/aromatic N) is 3. The van der Waals surface area contributed by atoms with E-state index in [0.717, 1.165) is 37.2 Å². The molecule has 1 atom stereocenters. The highest BCUT2D eigenvalue weighted by molar-refractivity contribution is 6.05. The number of anilines is 1. The lowest BCUT2D eigenvalue weighted by molar-refractivity contribution is 0.102. The highest BCUT2D eigenvalue weighted by Crippen LogP contribution is 2.21. The predicted octanol–water partition coefficient (Wildman–Crippen LogP) is 3.17. The van der Waals surface area contributed by atoms with Gasteiger partial charge in [-0.2, -0.15) is 0 Å². The number of piperidine rings is 1. The molecule has 0 radical (unpaired) electrons. The van der Waals surface area contributed by atoms with Gasteiger partial charge in [-0.05, 0) is 75.5 Å². The molecule has 7 heteroatoms. The minimum atomic E-state index is -0.394. The van der Waals surface area contributed by atoms with Crippen molar-refractivity contribution in [2.45, 2.75) is 33.2 Å². The van der Waals surface area contributed by atoms with E-state index in [-0.39, 0.29) is 11.1 Å². The smallest absolute Gasteiger partial charge is 0.263 e. The summed E-state index contributed by atoms with van der Waals surface area (Å²) >= 11 is 0. The van der Waals surface area contributed by atoms with Crippen LogP contribution in [0.1, 0.15) is 34.6 Å². The number of pyridine rings is 1. The van der Waals surface area contributed by atoms with Gasteiger partial charge in [-0.3, -0.25) is 9.59 Å². The molecule has 3 heterocycles. The Morgan fingerprint density at radius 3 is 2.90 bits per heavy atom. The molecule has 0 aliphatic carbocycles. The lowest BCUT2D eigenvalue weighted by atomic mass is 9.99. The topological polar surface area (TPSA) is 88.9 Å². The third-order valence-electron chi connectivity index (χ3n) is 5.65. The number of hydrogen-bond acceptors (Lipinski definition) is 5. The van der Waals surface area contributed by atoms with Gasteiger partial charge < -0.3 is 15.2 Å². The molecule has 1 saturated heterocycles. The van der Waals surface area contributed by atoms with Gasteiger partial charge in [0.1, 0.15) is 11.4 Å². The molecule has 2 N–H and O–H groups in total. The van der Waals surface area contributed by atoms with Gasteiger partial charge in [0.05, 0.1) is 5.69 Å². The summed E-state index contributed by atoms with van der Waals surface area (Å²) in [4.78, 5) is 34.7. The molecule has 0 spiro atoms. The fourth-order valence-corrected chi connectivity index (χ4v) is 4.01. The van der Waals surface area contributed by atoms with Crippen LogP contribution in [0.4, 0.5) is 5.69 Å². The quantitative estimate of drug-likeness (QED) is 0.666. The number of hydrogen-bond donors (Lipinski definition) is 2. The van der Waals surface area contributed by atoms with Gasteiger partial charge >= 0.3 is 0 Å². The van der Waals surface area contributed by atoms with Crippen molar-refractivity contribution in [3.63, 3.8) is 0 Å². The van der Waals surface area contributed by atoms with Crippen LogP contribution in [0.2, 0.25) is 0 Å². The number of carbonyl (C=O) groups excluding carboxylic acids is 1. The number of benzene rings is 1. The molecule has 1 aliphatic rings. The second-order valence-corrected chi connectivity index (χ2v) is 8.07. The monoisotopic (exact) mass is 417 g/mol. The van der Waals surface area contributed by atoms with Crippen LogP contribution in [0, 0.1) is 19.8 Å². The number of aromatic nitrogens is 3. The first-order valence-electron chi connectivity index (χ1n) is 10.6. The third-order valence-corrected chi connectivity index (χ3v) is 5.65. The summed E-state index contributed by atoms with van der Waals surface area (Å²) in [5, 5.41) is 6.26. The van der Waals surface area contributed by atoms with Crippen molar-refractivity contribution in [1.29, 1.82) is 0 Å². The van der Waals surface area contributed by atoms with Gasteiger partial charge in [0.15, 0.2) is 0 Å². The average Bonchev–Trinajstić information content (AvgIpc) is 2.77. The van der Waals surface area contributed by atoms with Gasteiger partial charge in [0.2, 0.25) is 0 Å². The number of nitrogens with one attached hydrogen (secondary N) is 2. The molecule has 0 saturated carbocycles. The number of rotatable bonds is 5. The van der Waals surface area contributed by atoms with Gasteiger partial charge in [-0.15, -0.1) is 0 Å². The zero-order valence-corrected chi connectivity index (χ0v) is 17.9. The predicted molar refractivity (Wildman–Crippen MR) is 121 cm³/mol. The third kappa shape index (κ3) is 4.88. The standard InChI is InChI=1S/C24H27N5O2/c1-16-9-12-29(15-18-5-4-10-25-14-18)24(31)22(16)23(30)28-20-7-3-6-19(13-20)21-8-11-26-17(2)27-21/h3,6-9,11-13,18,25H,4-5,10,14-15H2,1-2H3,(H,28,30). The molecule has 1 fully saturated rings. The number of aryl methyl sites for hydroxylation is 2. The maximum absolute atomic E-state index is 13.1. The fourth-order valence-electron chi connectivity index (χ4n) is 4.01. The number of amides is 1. The van der Waals surface area contributed by atoms with Gasteiger partial charge in [-0.25, -0.2) is 9.97 Å². The normalized spacial score (nSPS) is 16.1. The van der Waals surface area contributed by atoms with Gasteiger partial charge in [0.25, 0.3) is 11.5 Å². The van der Waals surface area contributed by atoms with Crippen molar-refractivity contribution >= 4 is 11.6 Å². The van der Waals surface area contributed by atoms with Crippen molar-refractivity contribution in [2.75, 3.05) is 18.4 Å². The van der Waals surface area contributed by atoms with Crippen molar-refractivity contribution in [3.05, 3.63) is 76.1 Å². The second-order valence-electron chi connectivity index (χ2n) is 8.07. The summed E-state index contributed by atoms with van der Waals surface area (Å²) in [5.74, 6) is 0.688. The lowest BCUT2D eigenvalue weighted by Crippen LogP contribution is -2.36. The van der Waals surface area contributed by atoms with Crippen LogP contribution < -0.4 is 16.2 Å². The Morgan fingerprint density at radius 2 is 2.13 bits per heavy atom. The molecule has 1 amide bonds. The van der Waals surface area contributed by atoms with Crippen LogP contribution in [-0.4, -0.2) is 33.5 Å². The molecular formula is C24H27N5O2. The van der Waals surface area contributed by atoms with E-state index in [9.17, 15) is 9.59 Å². The SMILES string of the molecule is Cc1nccc(-c2cccc(NC(=O)c3c(C)ccn(CC4CCCNC4)c3=O)c2)n1. The Labute approximate surface area is 181 Å². The van der Waals surface area contributed by atoms with E-state index in [1.807, 2.05) is 37.3 Å². The van der Waals surface area contributed by atoms with Crippen LogP contribution in [-0.2, 0) is 6.54 Å². The van der Waals surface area contributed by atoms with Crippen molar-refractivity contribution in [3.8, 4) is 11.3 Å². The first-order chi connectivity index (χ1) is 15.0. The highest BCUT2D eigenvalue weighted by atomic mass is 16.2. The first kappa shape index (κ1) is 20.9. The van der Waals surface area contributed by atoms with Crippen LogP contribution >= 0.6 is 0 Å². The van der Waals surface area contributed by atoms with Crippen LogP contribution in [0.3, 0.4) is 0 Å². The molecule has 3 aromatic rings. The molecule has 1 aliphatic heterocycles. The van der Waals surface area contributed by atoms with E-state index in [2.05, 4.69) is 20.6 Å². The molecule has 4 rings (SSSR count). The fraction of sp³-hybridized carbons (Fsp3) is 0.333. The first-order valence-corrected chi connectivity index (χ1v) is 10.6. The Kier molecular flexibility index (Phi) is 6.23. The van der Waals surface area contributed by atoms with E-state index < -0.39 is 5.91 Å². The molecule has 1 aromatic carbocycles. The molecule has 2 aromatic heterocycles.